The molecule has 0 radical (unpaired) electrons. The molecule has 2 heterocycles. The van der Waals surface area contributed by atoms with Gasteiger partial charge in [-0.25, -0.2) is 9.59 Å². The molecule has 1 aromatic heterocycles. The van der Waals surface area contributed by atoms with Crippen molar-refractivity contribution in [1.82, 2.24) is 5.32 Å². The fraction of sp³-hybridized carbons (Fsp3) is 0.381. The number of carbonyl (C=O) groups excluding carboxylic acids is 2. The number of aryl methyl sites for hydroxylation is 1. The molecule has 0 saturated carbocycles. The van der Waals surface area contributed by atoms with Gasteiger partial charge in [-0.05, 0) is 33.3 Å². The minimum absolute atomic E-state index is 0.0175. The predicted octanol–water partition coefficient (Wildman–Crippen LogP) is 2.52. The Labute approximate surface area is 167 Å². The molecule has 0 aliphatic carbocycles. The van der Waals surface area contributed by atoms with Crippen LogP contribution in [0.4, 0.5) is 0 Å². The number of nitrogens with one attached hydrogen (secondary N) is 1. The molecule has 1 aliphatic heterocycles. The number of benzene rings is 1. The average Bonchev–Trinajstić information content (AvgIpc) is 2.64. The Hall–Kier alpha value is -3.29. The van der Waals surface area contributed by atoms with Crippen molar-refractivity contribution in [1.29, 1.82) is 0 Å². The van der Waals surface area contributed by atoms with Gasteiger partial charge in [0, 0.05) is 22.6 Å². The molecule has 1 aliphatic rings. The van der Waals surface area contributed by atoms with Crippen LogP contribution < -0.4 is 15.7 Å². The Morgan fingerprint density at radius 1 is 1.14 bits per heavy atom. The van der Waals surface area contributed by atoms with Crippen LogP contribution in [0, 0.1) is 6.92 Å². The summed E-state index contributed by atoms with van der Waals surface area (Å²) in [5, 5.41) is 3.75. The number of esters is 2. The van der Waals surface area contributed by atoms with Crippen LogP contribution in [-0.4, -0.2) is 31.7 Å². The summed E-state index contributed by atoms with van der Waals surface area (Å²) < 4.78 is 21.3. The average molecular weight is 401 g/mol. The van der Waals surface area contributed by atoms with Gasteiger partial charge in [-0.15, -0.1) is 0 Å². The molecule has 0 saturated heterocycles. The summed E-state index contributed by atoms with van der Waals surface area (Å²) in [5.74, 6) is -2.29. The van der Waals surface area contributed by atoms with Crippen LogP contribution in [0.1, 0.15) is 37.8 Å². The minimum atomic E-state index is -1.11. The molecular weight excluding hydrogens is 378 g/mol. The van der Waals surface area contributed by atoms with E-state index in [0.29, 0.717) is 16.5 Å². The van der Waals surface area contributed by atoms with Gasteiger partial charge in [-0.1, -0.05) is 12.1 Å². The highest BCUT2D eigenvalue weighted by atomic mass is 16.5. The van der Waals surface area contributed by atoms with E-state index in [2.05, 4.69) is 5.32 Å². The number of hydrogen-bond acceptors (Lipinski definition) is 8. The molecular formula is C21H23NO7. The maximum Gasteiger partial charge on any atom is 0.340 e. The zero-order valence-corrected chi connectivity index (χ0v) is 17.2. The van der Waals surface area contributed by atoms with E-state index in [1.807, 2.05) is 20.8 Å². The maximum absolute atomic E-state index is 12.7. The lowest BCUT2D eigenvalue weighted by Crippen LogP contribution is -2.41. The first-order valence-electron chi connectivity index (χ1n) is 9.01. The van der Waals surface area contributed by atoms with Crippen molar-refractivity contribution in [3.63, 3.8) is 0 Å². The van der Waals surface area contributed by atoms with Gasteiger partial charge in [0.2, 0.25) is 5.88 Å². The summed E-state index contributed by atoms with van der Waals surface area (Å²) >= 11 is 0. The van der Waals surface area contributed by atoms with Crippen LogP contribution in [-0.2, 0) is 19.1 Å². The topological polar surface area (TPSA) is 104 Å². The molecule has 3 rings (SSSR count). The standard InChI is InChI=1S/C21H23NO7/c1-10-9-13(23)28-16-11(10)7-8-12-14(19(24)26-5)15(20(25)27-6)18(29-17(12)16)22-21(2,3)4/h7-9,14,22H,1-6H3. The van der Waals surface area contributed by atoms with Gasteiger partial charge in [0.15, 0.2) is 11.3 Å². The van der Waals surface area contributed by atoms with Crippen LogP contribution >= 0.6 is 0 Å². The molecule has 0 bridgehead atoms. The lowest BCUT2D eigenvalue weighted by molar-refractivity contribution is -0.145. The normalized spacial score (nSPS) is 16.1. The summed E-state index contributed by atoms with van der Waals surface area (Å²) in [6.07, 6.45) is 0. The molecule has 1 N–H and O–H groups in total. The first-order valence-corrected chi connectivity index (χ1v) is 9.01. The van der Waals surface area contributed by atoms with E-state index < -0.39 is 29.0 Å². The van der Waals surface area contributed by atoms with Crippen LogP contribution in [0.2, 0.25) is 0 Å². The summed E-state index contributed by atoms with van der Waals surface area (Å²) in [5.41, 5.74) is 0.168. The second-order valence-electron chi connectivity index (χ2n) is 7.78. The van der Waals surface area contributed by atoms with E-state index in [1.54, 1.807) is 19.1 Å². The van der Waals surface area contributed by atoms with E-state index in [1.165, 1.54) is 20.3 Å². The van der Waals surface area contributed by atoms with E-state index in [4.69, 9.17) is 18.6 Å². The predicted molar refractivity (Wildman–Crippen MR) is 105 cm³/mol. The number of fused-ring (bicyclic) bond motifs is 3. The monoisotopic (exact) mass is 401 g/mol. The van der Waals surface area contributed by atoms with Crippen molar-refractivity contribution in [3.05, 3.63) is 51.2 Å². The third kappa shape index (κ3) is 3.70. The molecule has 0 amide bonds. The molecule has 1 atom stereocenters. The van der Waals surface area contributed by atoms with Crippen molar-refractivity contribution in [2.75, 3.05) is 14.2 Å². The van der Waals surface area contributed by atoms with E-state index in [0.717, 1.165) is 0 Å². The molecule has 8 nitrogen and oxygen atoms in total. The van der Waals surface area contributed by atoms with Crippen LogP contribution in [0.5, 0.6) is 5.75 Å². The van der Waals surface area contributed by atoms with Crippen molar-refractivity contribution in [2.24, 2.45) is 0 Å². The van der Waals surface area contributed by atoms with E-state index in [-0.39, 0.29) is 22.8 Å². The molecule has 29 heavy (non-hydrogen) atoms. The molecule has 8 heteroatoms. The van der Waals surface area contributed by atoms with Crippen molar-refractivity contribution < 1.29 is 28.2 Å². The number of hydrogen-bond donors (Lipinski definition) is 1. The molecule has 1 unspecified atom stereocenters. The summed E-state index contributed by atoms with van der Waals surface area (Å²) in [6, 6.07) is 4.74. The Kier molecular flexibility index (Phi) is 5.13. The second-order valence-corrected chi connectivity index (χ2v) is 7.78. The summed E-state index contributed by atoms with van der Waals surface area (Å²) in [4.78, 5) is 37.3. The summed E-state index contributed by atoms with van der Waals surface area (Å²) in [7, 11) is 2.45. The van der Waals surface area contributed by atoms with Gasteiger partial charge in [0.05, 0.1) is 14.2 Å². The largest absolute Gasteiger partial charge is 0.468 e. The third-order valence-corrected chi connectivity index (χ3v) is 4.48. The van der Waals surface area contributed by atoms with Gasteiger partial charge < -0.3 is 23.9 Å². The molecule has 1 aromatic carbocycles. The van der Waals surface area contributed by atoms with Crippen LogP contribution in [0.15, 0.2) is 38.9 Å². The Bertz CT molecular complexity index is 1090. The van der Waals surface area contributed by atoms with Gasteiger partial charge in [0.1, 0.15) is 11.5 Å². The first kappa shape index (κ1) is 20.4. The number of ether oxygens (including phenoxy) is 3. The highest BCUT2D eigenvalue weighted by Gasteiger charge is 2.42. The molecule has 2 aromatic rings. The van der Waals surface area contributed by atoms with Gasteiger partial charge in [-0.2, -0.15) is 0 Å². The molecule has 0 spiro atoms. The van der Waals surface area contributed by atoms with Gasteiger partial charge >= 0.3 is 17.6 Å². The zero-order chi connectivity index (χ0) is 21.5. The van der Waals surface area contributed by atoms with Crippen LogP contribution in [0.3, 0.4) is 0 Å². The number of rotatable bonds is 3. The van der Waals surface area contributed by atoms with Crippen molar-refractivity contribution >= 4 is 22.9 Å². The minimum Gasteiger partial charge on any atom is -0.468 e. The van der Waals surface area contributed by atoms with Gasteiger partial charge in [0.25, 0.3) is 0 Å². The first-order chi connectivity index (χ1) is 13.6. The third-order valence-electron chi connectivity index (χ3n) is 4.48. The summed E-state index contributed by atoms with van der Waals surface area (Å²) in [6.45, 7) is 7.38. The Morgan fingerprint density at radius 3 is 2.41 bits per heavy atom. The van der Waals surface area contributed by atoms with Crippen LogP contribution in [0.25, 0.3) is 11.0 Å². The quantitative estimate of drug-likeness (QED) is 0.618. The van der Waals surface area contributed by atoms with E-state index in [9.17, 15) is 14.4 Å². The van der Waals surface area contributed by atoms with Gasteiger partial charge in [-0.3, -0.25) is 4.79 Å². The zero-order valence-electron chi connectivity index (χ0n) is 17.2. The molecule has 154 valence electrons. The highest BCUT2D eigenvalue weighted by Crippen LogP contribution is 2.44. The Morgan fingerprint density at radius 2 is 1.83 bits per heavy atom. The fourth-order valence-corrected chi connectivity index (χ4v) is 3.27. The SMILES string of the molecule is COC(=O)C1=C(NC(C)(C)C)Oc2c(ccc3c(C)cc(=O)oc23)C1C(=O)OC. The fourth-order valence-electron chi connectivity index (χ4n) is 3.27. The smallest absolute Gasteiger partial charge is 0.340 e. The maximum atomic E-state index is 12.7. The number of carbonyl (C=O) groups is 2. The molecule has 0 fully saturated rings. The highest BCUT2D eigenvalue weighted by molar-refractivity contribution is 6.02. The van der Waals surface area contributed by atoms with E-state index >= 15 is 0 Å². The van der Waals surface area contributed by atoms with Crippen molar-refractivity contribution in [2.45, 2.75) is 39.2 Å². The lowest BCUT2D eigenvalue weighted by Gasteiger charge is -2.32. The Balaban J connectivity index is 2.37. The van der Waals surface area contributed by atoms with Crippen molar-refractivity contribution in [3.8, 4) is 5.75 Å². The second kappa shape index (κ2) is 7.27. The number of methoxy groups -OCH3 is 2. The lowest BCUT2D eigenvalue weighted by atomic mass is 9.87.